The molecule has 0 aliphatic heterocycles. The van der Waals surface area contributed by atoms with Crippen LogP contribution in [0.3, 0.4) is 0 Å². The van der Waals surface area contributed by atoms with Gasteiger partial charge in [-0.2, -0.15) is 0 Å². The van der Waals surface area contributed by atoms with Crippen molar-refractivity contribution in [3.8, 4) is 0 Å². The van der Waals surface area contributed by atoms with Crippen LogP contribution in [0.2, 0.25) is 0 Å². The van der Waals surface area contributed by atoms with Gasteiger partial charge in [-0.1, -0.05) is 11.6 Å². The molecule has 1 N–H and O–H groups in total. The summed E-state index contributed by atoms with van der Waals surface area (Å²) >= 11 is 0. The van der Waals surface area contributed by atoms with E-state index in [9.17, 15) is 5.11 Å². The van der Waals surface area contributed by atoms with E-state index in [4.69, 9.17) is 0 Å². The third-order valence-electron chi connectivity index (χ3n) is 2.67. The van der Waals surface area contributed by atoms with Crippen LogP contribution in [0.5, 0.6) is 0 Å². The molecule has 0 saturated heterocycles. The molecule has 0 fully saturated rings. The molecular formula is C12H22O. The van der Waals surface area contributed by atoms with Crippen molar-refractivity contribution in [2.24, 2.45) is 0 Å². The van der Waals surface area contributed by atoms with Gasteiger partial charge in [-0.3, -0.25) is 0 Å². The van der Waals surface area contributed by atoms with Crippen molar-refractivity contribution in [3.63, 3.8) is 0 Å². The van der Waals surface area contributed by atoms with Gasteiger partial charge in [0.05, 0.1) is 5.60 Å². The Morgan fingerprint density at radius 3 is 2.69 bits per heavy atom. The van der Waals surface area contributed by atoms with Gasteiger partial charge in [0.2, 0.25) is 0 Å². The van der Waals surface area contributed by atoms with E-state index < -0.39 is 5.60 Å². The van der Waals surface area contributed by atoms with Crippen molar-refractivity contribution in [1.82, 2.24) is 0 Å². The lowest BCUT2D eigenvalue weighted by Gasteiger charge is -2.18. The summed E-state index contributed by atoms with van der Waals surface area (Å²) in [5, 5.41) is 9.53. The summed E-state index contributed by atoms with van der Waals surface area (Å²) in [7, 11) is 0. The second-order valence-corrected chi connectivity index (χ2v) is 4.77. The van der Waals surface area contributed by atoms with Crippen LogP contribution in [-0.2, 0) is 0 Å². The lowest BCUT2D eigenvalue weighted by Crippen LogP contribution is -2.17. The average molecular weight is 182 g/mol. The first-order valence-corrected chi connectivity index (χ1v) is 5.48. The summed E-state index contributed by atoms with van der Waals surface area (Å²) in [5.41, 5.74) is 1.14. The number of hydrogen-bond donors (Lipinski definition) is 1. The highest BCUT2D eigenvalue weighted by Gasteiger charge is 2.12. The maximum absolute atomic E-state index is 9.53. The van der Waals surface area contributed by atoms with E-state index in [-0.39, 0.29) is 0 Å². The van der Waals surface area contributed by atoms with Gasteiger partial charge >= 0.3 is 0 Å². The lowest BCUT2D eigenvalue weighted by atomic mass is 9.93. The first-order valence-electron chi connectivity index (χ1n) is 5.48. The van der Waals surface area contributed by atoms with Gasteiger partial charge in [-0.25, -0.2) is 0 Å². The first-order chi connectivity index (χ1) is 6.08. The number of allylic oxidation sites excluding steroid dienone is 2. The Bertz CT molecular complexity index is 174. The predicted octanol–water partition coefficient (Wildman–Crippen LogP) is 3.43. The van der Waals surface area contributed by atoms with E-state index >= 15 is 0 Å². The van der Waals surface area contributed by atoms with E-state index in [1.54, 1.807) is 5.57 Å². The molecule has 0 radical (unpaired) electrons. The molecule has 1 nitrogen and oxygen atoms in total. The summed E-state index contributed by atoms with van der Waals surface area (Å²) < 4.78 is 0. The Kier molecular flexibility index (Phi) is 3.98. The highest BCUT2D eigenvalue weighted by atomic mass is 16.3. The summed E-state index contributed by atoms with van der Waals surface area (Å²) in [5.74, 6) is 0. The largest absolute Gasteiger partial charge is 0.390 e. The van der Waals surface area contributed by atoms with E-state index in [2.05, 4.69) is 6.08 Å². The number of aliphatic hydroxyl groups is 1. The Labute approximate surface area is 81.9 Å². The molecular weight excluding hydrogens is 160 g/mol. The van der Waals surface area contributed by atoms with E-state index in [0.29, 0.717) is 0 Å². The van der Waals surface area contributed by atoms with Crippen LogP contribution < -0.4 is 0 Å². The van der Waals surface area contributed by atoms with Gasteiger partial charge in [-0.15, -0.1) is 0 Å². The smallest absolute Gasteiger partial charge is 0.0591 e. The molecule has 0 aromatic heterocycles. The van der Waals surface area contributed by atoms with Crippen molar-refractivity contribution in [1.29, 1.82) is 0 Å². The second kappa shape index (κ2) is 4.80. The average Bonchev–Trinajstić information content (AvgIpc) is 2.04. The number of rotatable bonds is 4. The fourth-order valence-electron chi connectivity index (χ4n) is 1.88. The minimum atomic E-state index is -0.477. The zero-order valence-corrected chi connectivity index (χ0v) is 8.97. The molecule has 0 bridgehead atoms. The molecule has 0 aromatic rings. The topological polar surface area (TPSA) is 20.2 Å². The quantitative estimate of drug-likeness (QED) is 0.660. The van der Waals surface area contributed by atoms with Gasteiger partial charge in [0.1, 0.15) is 0 Å². The molecule has 0 unspecified atom stereocenters. The lowest BCUT2D eigenvalue weighted by molar-refractivity contribution is 0.0688. The van der Waals surface area contributed by atoms with E-state index in [1.165, 1.54) is 32.1 Å². The van der Waals surface area contributed by atoms with E-state index in [0.717, 1.165) is 12.8 Å². The number of hydrogen-bond acceptors (Lipinski definition) is 1. The Hall–Kier alpha value is -0.300. The first kappa shape index (κ1) is 10.8. The summed E-state index contributed by atoms with van der Waals surface area (Å²) in [6.07, 6.45) is 11.0. The van der Waals surface area contributed by atoms with Crippen LogP contribution in [0.15, 0.2) is 11.6 Å². The summed E-state index contributed by atoms with van der Waals surface area (Å²) in [6.45, 7) is 3.78. The molecule has 1 aliphatic carbocycles. The Balaban J connectivity index is 2.15. The highest BCUT2D eigenvalue weighted by molar-refractivity contribution is 5.04. The normalized spacial score (nSPS) is 18.5. The zero-order valence-electron chi connectivity index (χ0n) is 8.97. The Morgan fingerprint density at radius 1 is 1.38 bits per heavy atom. The molecule has 76 valence electrons. The summed E-state index contributed by atoms with van der Waals surface area (Å²) in [6, 6.07) is 0. The van der Waals surface area contributed by atoms with E-state index in [1.807, 2.05) is 13.8 Å². The monoisotopic (exact) mass is 182 g/mol. The fourth-order valence-corrected chi connectivity index (χ4v) is 1.88. The van der Waals surface area contributed by atoms with Gasteiger partial charge in [0.15, 0.2) is 0 Å². The van der Waals surface area contributed by atoms with Crippen LogP contribution in [0.1, 0.15) is 58.8 Å². The zero-order chi connectivity index (χ0) is 9.73. The minimum Gasteiger partial charge on any atom is -0.390 e. The predicted molar refractivity (Wildman–Crippen MR) is 56.7 cm³/mol. The van der Waals surface area contributed by atoms with Crippen molar-refractivity contribution in [2.75, 3.05) is 0 Å². The van der Waals surface area contributed by atoms with Gasteiger partial charge in [0, 0.05) is 0 Å². The molecule has 13 heavy (non-hydrogen) atoms. The SMILES string of the molecule is CC(C)(O)CCCC1=CCCCC1. The molecule has 0 aromatic carbocycles. The highest BCUT2D eigenvalue weighted by Crippen LogP contribution is 2.23. The van der Waals surface area contributed by atoms with Gasteiger partial charge in [0.25, 0.3) is 0 Å². The summed E-state index contributed by atoms with van der Waals surface area (Å²) in [4.78, 5) is 0. The van der Waals surface area contributed by atoms with Gasteiger partial charge in [-0.05, 0) is 58.8 Å². The molecule has 0 amide bonds. The molecule has 1 rings (SSSR count). The molecule has 0 atom stereocenters. The van der Waals surface area contributed by atoms with Crippen LogP contribution >= 0.6 is 0 Å². The van der Waals surface area contributed by atoms with Crippen LogP contribution in [0.25, 0.3) is 0 Å². The standard InChI is InChI=1S/C12H22O/c1-12(2,13)10-6-9-11-7-4-3-5-8-11/h7,13H,3-6,8-10H2,1-2H3. The van der Waals surface area contributed by atoms with Crippen LogP contribution in [0, 0.1) is 0 Å². The molecule has 1 aliphatic rings. The maximum atomic E-state index is 9.53. The molecule has 1 heteroatoms. The van der Waals surface area contributed by atoms with Crippen molar-refractivity contribution < 1.29 is 5.11 Å². The van der Waals surface area contributed by atoms with Crippen LogP contribution in [0.4, 0.5) is 0 Å². The maximum Gasteiger partial charge on any atom is 0.0591 e. The molecule has 0 heterocycles. The fraction of sp³-hybridized carbons (Fsp3) is 0.833. The Morgan fingerprint density at radius 2 is 2.15 bits per heavy atom. The van der Waals surface area contributed by atoms with Crippen LogP contribution in [-0.4, -0.2) is 10.7 Å². The third-order valence-corrected chi connectivity index (χ3v) is 2.67. The van der Waals surface area contributed by atoms with Crippen molar-refractivity contribution >= 4 is 0 Å². The minimum absolute atomic E-state index is 0.477. The third kappa shape index (κ3) is 5.09. The van der Waals surface area contributed by atoms with Gasteiger partial charge < -0.3 is 5.11 Å². The second-order valence-electron chi connectivity index (χ2n) is 4.77. The van der Waals surface area contributed by atoms with Crippen molar-refractivity contribution in [3.05, 3.63) is 11.6 Å². The molecule has 0 spiro atoms. The van der Waals surface area contributed by atoms with Crippen molar-refractivity contribution in [2.45, 2.75) is 64.4 Å². The molecule has 0 saturated carbocycles.